The molecule has 1 fully saturated rings. The van der Waals surface area contributed by atoms with Crippen LogP contribution in [0.5, 0.6) is 0 Å². The Labute approximate surface area is 295 Å². The van der Waals surface area contributed by atoms with Crippen molar-refractivity contribution in [2.75, 3.05) is 0 Å². The van der Waals surface area contributed by atoms with E-state index < -0.39 is 22.0 Å². The van der Waals surface area contributed by atoms with Crippen LogP contribution in [0.3, 0.4) is 0 Å². The first kappa shape index (κ1) is 40.7. The van der Waals surface area contributed by atoms with Crippen LogP contribution in [0.2, 0.25) is 36.3 Å². The Morgan fingerprint density at radius 1 is 0.958 bits per heavy atom. The maximum absolute atomic E-state index is 14.2. The summed E-state index contributed by atoms with van der Waals surface area (Å²) < 4.78 is 26.2. The molecule has 7 atom stereocenters. The standard InChI is InChI=1S/C40H68O6Si2/c1-15-22-40(17-3,23-16-2)37(42)44-34-26-31(45-47(11,12)38(5,6)7)24-29-19-18-28(4)33(36(29)34)21-20-30-25-32(27-35(41)43-30)46-48(13,14)39(8,9)10/h15-16,18-19,24,28,30-34,36H,1-2,17,20-23,25-27H2,3-14H3. The van der Waals surface area contributed by atoms with Crippen LogP contribution in [0.1, 0.15) is 107 Å². The predicted molar refractivity (Wildman–Crippen MR) is 203 cm³/mol. The molecule has 6 nitrogen and oxygen atoms in total. The number of esters is 2. The van der Waals surface area contributed by atoms with Gasteiger partial charge >= 0.3 is 11.9 Å². The zero-order valence-corrected chi connectivity index (χ0v) is 34.4. The monoisotopic (exact) mass is 700 g/mol. The lowest BCUT2D eigenvalue weighted by atomic mass is 9.66. The van der Waals surface area contributed by atoms with Crippen LogP contribution in [0.25, 0.3) is 0 Å². The Kier molecular flexibility index (Phi) is 13.3. The molecule has 0 saturated carbocycles. The van der Waals surface area contributed by atoms with E-state index in [4.69, 9.17) is 18.3 Å². The highest BCUT2D eigenvalue weighted by atomic mass is 28.4. The number of cyclic esters (lactones) is 1. The maximum atomic E-state index is 14.2. The minimum atomic E-state index is -2.09. The second-order valence-electron chi connectivity index (χ2n) is 17.9. The average molecular weight is 701 g/mol. The average Bonchev–Trinajstić information content (AvgIpc) is 2.94. The number of hydrogen-bond acceptors (Lipinski definition) is 6. The molecule has 8 heteroatoms. The summed E-state index contributed by atoms with van der Waals surface area (Å²) in [5, 5.41) is 0.131. The summed E-state index contributed by atoms with van der Waals surface area (Å²) in [6.07, 6.45) is 14.8. The third-order valence-corrected chi connectivity index (χ3v) is 21.4. The lowest BCUT2D eigenvalue weighted by Crippen LogP contribution is -2.49. The molecule has 0 aromatic carbocycles. The summed E-state index contributed by atoms with van der Waals surface area (Å²) in [6, 6.07) is 0. The van der Waals surface area contributed by atoms with Crippen LogP contribution in [-0.4, -0.2) is 53.0 Å². The number of fused-ring (bicyclic) bond motifs is 1. The van der Waals surface area contributed by atoms with Crippen molar-refractivity contribution in [3.05, 3.63) is 49.1 Å². The molecule has 3 rings (SSSR count). The first-order valence-corrected chi connectivity index (χ1v) is 24.3. The summed E-state index contributed by atoms with van der Waals surface area (Å²) in [5.41, 5.74) is 0.516. The van der Waals surface area contributed by atoms with Crippen LogP contribution >= 0.6 is 0 Å². The van der Waals surface area contributed by atoms with Gasteiger partial charge in [-0.3, -0.25) is 9.59 Å². The molecule has 272 valence electrons. The van der Waals surface area contributed by atoms with Crippen molar-refractivity contribution in [1.82, 2.24) is 0 Å². The highest BCUT2D eigenvalue weighted by molar-refractivity contribution is 6.74. The molecule has 48 heavy (non-hydrogen) atoms. The molecule has 1 aliphatic heterocycles. The largest absolute Gasteiger partial charge is 0.462 e. The van der Waals surface area contributed by atoms with Gasteiger partial charge in [-0.15, -0.1) is 13.2 Å². The van der Waals surface area contributed by atoms with Gasteiger partial charge in [-0.2, -0.15) is 0 Å². The van der Waals surface area contributed by atoms with Crippen LogP contribution in [0.15, 0.2) is 49.1 Å². The number of carbonyl (C=O) groups is 2. The molecular weight excluding hydrogens is 633 g/mol. The molecule has 3 aliphatic rings. The maximum Gasteiger partial charge on any atom is 0.312 e. The molecule has 0 aromatic heterocycles. The molecule has 1 heterocycles. The second kappa shape index (κ2) is 15.6. The summed E-state index contributed by atoms with van der Waals surface area (Å²) in [4.78, 5) is 27.0. The molecule has 7 unspecified atom stereocenters. The Balaban J connectivity index is 1.91. The van der Waals surface area contributed by atoms with Crippen molar-refractivity contribution in [2.45, 2.75) is 167 Å². The lowest BCUT2D eigenvalue weighted by molar-refractivity contribution is -0.168. The van der Waals surface area contributed by atoms with E-state index in [1.165, 1.54) is 5.57 Å². The van der Waals surface area contributed by atoms with Crippen molar-refractivity contribution in [1.29, 1.82) is 0 Å². The summed E-state index contributed by atoms with van der Waals surface area (Å²) in [5.74, 6) is 0.205. The van der Waals surface area contributed by atoms with E-state index in [2.05, 4.69) is 106 Å². The Hall–Kier alpha value is -1.75. The molecule has 0 amide bonds. The highest BCUT2D eigenvalue weighted by Crippen LogP contribution is 2.48. The highest BCUT2D eigenvalue weighted by Gasteiger charge is 2.48. The van der Waals surface area contributed by atoms with Crippen LogP contribution in [-0.2, 0) is 27.9 Å². The van der Waals surface area contributed by atoms with Crippen LogP contribution < -0.4 is 0 Å². The van der Waals surface area contributed by atoms with E-state index in [0.717, 1.165) is 19.3 Å². The van der Waals surface area contributed by atoms with Crippen LogP contribution in [0.4, 0.5) is 0 Å². The van der Waals surface area contributed by atoms with Gasteiger partial charge in [-0.25, -0.2) is 0 Å². The van der Waals surface area contributed by atoms with Gasteiger partial charge < -0.3 is 18.3 Å². The van der Waals surface area contributed by atoms with Crippen molar-refractivity contribution < 1.29 is 27.9 Å². The topological polar surface area (TPSA) is 71.1 Å². The van der Waals surface area contributed by atoms with Gasteiger partial charge in [0.2, 0.25) is 0 Å². The fourth-order valence-electron chi connectivity index (χ4n) is 7.19. The normalized spacial score (nSPS) is 28.6. The van der Waals surface area contributed by atoms with Crippen molar-refractivity contribution in [3.8, 4) is 0 Å². The first-order chi connectivity index (χ1) is 22.1. The third kappa shape index (κ3) is 9.52. The summed E-state index contributed by atoms with van der Waals surface area (Å²) in [7, 11) is -4.12. The predicted octanol–water partition coefficient (Wildman–Crippen LogP) is 10.5. The van der Waals surface area contributed by atoms with E-state index in [9.17, 15) is 9.59 Å². The van der Waals surface area contributed by atoms with E-state index in [1.54, 1.807) is 0 Å². The van der Waals surface area contributed by atoms with E-state index >= 15 is 0 Å². The van der Waals surface area contributed by atoms with Gasteiger partial charge in [0.25, 0.3) is 0 Å². The molecule has 0 bridgehead atoms. The second-order valence-corrected chi connectivity index (χ2v) is 27.4. The minimum Gasteiger partial charge on any atom is -0.462 e. The lowest BCUT2D eigenvalue weighted by Gasteiger charge is -2.47. The molecule has 2 aliphatic carbocycles. The first-order valence-electron chi connectivity index (χ1n) is 18.5. The Morgan fingerprint density at radius 2 is 1.54 bits per heavy atom. The molecule has 0 radical (unpaired) electrons. The number of allylic oxidation sites excluding steroid dienone is 4. The SMILES string of the molecule is C=CCC(CC)(CC=C)C(=O)OC1CC(O[Si](C)(C)C(C)(C)C)C=C2C=CC(C)C(CCC3CC(O[Si](C)(C)C(C)(C)C)CC(=O)O3)C21. The van der Waals surface area contributed by atoms with Gasteiger partial charge in [-0.05, 0) is 85.8 Å². The van der Waals surface area contributed by atoms with Gasteiger partial charge in [-0.1, -0.05) is 85.8 Å². The number of rotatable bonds is 14. The molecule has 0 N–H and O–H groups in total. The fraction of sp³-hybridized carbons (Fsp3) is 0.750. The quantitative estimate of drug-likeness (QED) is 0.102. The fourth-order valence-corrected chi connectivity index (χ4v) is 9.83. The van der Waals surface area contributed by atoms with Gasteiger partial charge in [0.1, 0.15) is 12.2 Å². The molecule has 1 saturated heterocycles. The smallest absolute Gasteiger partial charge is 0.312 e. The van der Waals surface area contributed by atoms with Crippen molar-refractivity contribution >= 4 is 28.6 Å². The van der Waals surface area contributed by atoms with Crippen molar-refractivity contribution in [2.24, 2.45) is 23.2 Å². The van der Waals surface area contributed by atoms with E-state index in [1.807, 2.05) is 19.1 Å². The van der Waals surface area contributed by atoms with Crippen LogP contribution in [0, 0.1) is 23.2 Å². The zero-order chi connectivity index (χ0) is 36.3. The molecular formula is C40H68O6Si2. The van der Waals surface area contributed by atoms with Gasteiger partial charge in [0.05, 0.1) is 24.0 Å². The Morgan fingerprint density at radius 3 is 2.08 bits per heavy atom. The van der Waals surface area contributed by atoms with E-state index in [0.29, 0.717) is 32.1 Å². The van der Waals surface area contributed by atoms with E-state index in [-0.39, 0.29) is 64.2 Å². The number of ether oxygens (including phenoxy) is 2. The summed E-state index contributed by atoms with van der Waals surface area (Å²) in [6.45, 7) is 34.8. The zero-order valence-electron chi connectivity index (χ0n) is 32.4. The number of hydrogen-bond donors (Lipinski definition) is 0. The minimum absolute atomic E-state index is 0.0359. The van der Waals surface area contributed by atoms with Crippen molar-refractivity contribution in [3.63, 3.8) is 0 Å². The molecule has 0 aromatic rings. The summed E-state index contributed by atoms with van der Waals surface area (Å²) >= 11 is 0. The van der Waals surface area contributed by atoms with Gasteiger partial charge in [0, 0.05) is 18.8 Å². The number of carbonyl (C=O) groups excluding carboxylic acids is 2. The van der Waals surface area contributed by atoms with Gasteiger partial charge in [0.15, 0.2) is 16.6 Å². The third-order valence-electron chi connectivity index (χ3n) is 12.4. The molecule has 0 spiro atoms. The Bertz CT molecular complexity index is 1210.